The number of aryl methyl sites for hydroxylation is 3. The summed E-state index contributed by atoms with van der Waals surface area (Å²) in [5.41, 5.74) is 6.76. The fourth-order valence-corrected chi connectivity index (χ4v) is 4.92. The summed E-state index contributed by atoms with van der Waals surface area (Å²) in [6.45, 7) is 8.26. The predicted octanol–water partition coefficient (Wildman–Crippen LogP) is 4.65. The van der Waals surface area contributed by atoms with Gasteiger partial charge in [0.05, 0.1) is 5.57 Å². The third-order valence-corrected chi connectivity index (χ3v) is 6.86. The van der Waals surface area contributed by atoms with Crippen LogP contribution in [-0.2, 0) is 4.79 Å². The van der Waals surface area contributed by atoms with Crippen molar-refractivity contribution in [3.05, 3.63) is 57.9 Å². The van der Waals surface area contributed by atoms with Crippen LogP contribution in [0.2, 0.25) is 0 Å². The first-order chi connectivity index (χ1) is 13.8. The fraction of sp³-hybridized carbons (Fsp3) is 0.238. The second-order valence-corrected chi connectivity index (χ2v) is 9.05. The SMILES string of the molecule is CSC1=NN2C(=N)C(=Cc3cc(C)n(-c4ccc(C)cc4C)c3C)C(=O)N=C2S1. The third kappa shape index (κ3) is 3.36. The maximum absolute atomic E-state index is 12.6. The number of nitrogens with one attached hydrogen (secondary N) is 1. The minimum atomic E-state index is -0.400. The number of benzene rings is 1. The van der Waals surface area contributed by atoms with Gasteiger partial charge in [-0.2, -0.15) is 10.0 Å². The molecule has 0 saturated carbocycles. The summed E-state index contributed by atoms with van der Waals surface area (Å²) >= 11 is 2.79. The van der Waals surface area contributed by atoms with Gasteiger partial charge in [0.15, 0.2) is 10.2 Å². The largest absolute Gasteiger partial charge is 0.318 e. The molecule has 8 heteroatoms. The predicted molar refractivity (Wildman–Crippen MR) is 123 cm³/mol. The standard InChI is InChI=1S/C21H21N5OS2/c1-11-6-7-17(12(2)8-11)25-13(3)9-15(14(25)4)10-16-18(22)26-20(23-19(16)27)29-21(24-26)28-5/h6-10,22H,1-5H3. The quantitative estimate of drug-likeness (QED) is 0.714. The lowest BCUT2D eigenvalue weighted by atomic mass is 10.1. The minimum absolute atomic E-state index is 0.0628. The Labute approximate surface area is 178 Å². The molecule has 6 nitrogen and oxygen atoms in total. The van der Waals surface area contributed by atoms with E-state index in [1.54, 1.807) is 6.08 Å². The van der Waals surface area contributed by atoms with Gasteiger partial charge in [0.1, 0.15) is 0 Å². The van der Waals surface area contributed by atoms with Crippen molar-refractivity contribution in [2.75, 3.05) is 6.26 Å². The van der Waals surface area contributed by atoms with Gasteiger partial charge in [-0.05, 0) is 75.0 Å². The molecule has 4 rings (SSSR count). The zero-order chi connectivity index (χ0) is 20.9. The molecule has 0 spiro atoms. The highest BCUT2D eigenvalue weighted by molar-refractivity contribution is 8.45. The molecule has 0 fully saturated rings. The van der Waals surface area contributed by atoms with E-state index in [1.165, 1.54) is 39.7 Å². The average Bonchev–Trinajstić information content (AvgIpc) is 3.20. The van der Waals surface area contributed by atoms with E-state index < -0.39 is 5.91 Å². The zero-order valence-corrected chi connectivity index (χ0v) is 18.5. The highest BCUT2D eigenvalue weighted by atomic mass is 32.2. The highest BCUT2D eigenvalue weighted by Crippen LogP contribution is 2.32. The molecule has 29 heavy (non-hydrogen) atoms. The summed E-state index contributed by atoms with van der Waals surface area (Å²) in [4.78, 5) is 16.7. The van der Waals surface area contributed by atoms with E-state index in [-0.39, 0.29) is 11.4 Å². The van der Waals surface area contributed by atoms with Gasteiger partial charge < -0.3 is 4.57 Å². The maximum Gasteiger partial charge on any atom is 0.283 e. The summed E-state index contributed by atoms with van der Waals surface area (Å²) in [7, 11) is 0. The minimum Gasteiger partial charge on any atom is -0.318 e. The van der Waals surface area contributed by atoms with Gasteiger partial charge in [0.2, 0.25) is 5.17 Å². The molecular weight excluding hydrogens is 402 g/mol. The second-order valence-electron chi connectivity index (χ2n) is 7.04. The second kappa shape index (κ2) is 7.35. The van der Waals surface area contributed by atoms with E-state index in [9.17, 15) is 4.79 Å². The number of hydrogen-bond acceptors (Lipinski definition) is 5. The molecule has 3 heterocycles. The van der Waals surface area contributed by atoms with E-state index in [4.69, 9.17) is 5.41 Å². The summed E-state index contributed by atoms with van der Waals surface area (Å²) in [5.74, 6) is -0.338. The molecule has 1 amide bonds. The van der Waals surface area contributed by atoms with Crippen LogP contribution in [0.15, 0.2) is 39.9 Å². The van der Waals surface area contributed by atoms with Crippen LogP contribution in [0.4, 0.5) is 0 Å². The van der Waals surface area contributed by atoms with Gasteiger partial charge in [-0.15, -0.1) is 16.9 Å². The number of fused-ring (bicyclic) bond motifs is 1. The molecule has 1 aromatic carbocycles. The molecule has 0 aliphatic carbocycles. The van der Waals surface area contributed by atoms with E-state index in [1.807, 2.05) is 26.2 Å². The van der Waals surface area contributed by atoms with Crippen molar-refractivity contribution in [3.8, 4) is 5.69 Å². The summed E-state index contributed by atoms with van der Waals surface area (Å²) < 4.78 is 2.96. The van der Waals surface area contributed by atoms with Gasteiger partial charge in [0, 0.05) is 17.1 Å². The van der Waals surface area contributed by atoms with Crippen molar-refractivity contribution in [1.82, 2.24) is 9.58 Å². The average molecular weight is 424 g/mol. The number of amidine groups is 2. The summed E-state index contributed by atoms with van der Waals surface area (Å²) in [6, 6.07) is 8.42. The molecule has 0 radical (unpaired) electrons. The number of aliphatic imine (C=N–C) groups is 1. The van der Waals surface area contributed by atoms with Crippen molar-refractivity contribution in [2.24, 2.45) is 10.1 Å². The van der Waals surface area contributed by atoms with Crippen molar-refractivity contribution in [1.29, 1.82) is 5.41 Å². The number of thioether (sulfide) groups is 2. The molecule has 2 aromatic rings. The van der Waals surface area contributed by atoms with Crippen LogP contribution >= 0.6 is 23.5 Å². The Balaban J connectivity index is 1.77. The smallest absolute Gasteiger partial charge is 0.283 e. The molecule has 0 saturated heterocycles. The molecule has 0 unspecified atom stereocenters. The fourth-order valence-electron chi connectivity index (χ4n) is 3.57. The molecule has 2 aliphatic rings. The molecule has 1 aromatic heterocycles. The Morgan fingerprint density at radius 2 is 1.93 bits per heavy atom. The van der Waals surface area contributed by atoms with E-state index in [2.05, 4.69) is 46.7 Å². The van der Waals surface area contributed by atoms with Gasteiger partial charge >= 0.3 is 0 Å². The number of carbonyl (C=O) groups excluding carboxylic acids is 1. The van der Waals surface area contributed by atoms with Gasteiger partial charge in [-0.1, -0.05) is 17.7 Å². The van der Waals surface area contributed by atoms with Crippen molar-refractivity contribution in [2.45, 2.75) is 27.7 Å². The lowest BCUT2D eigenvalue weighted by Crippen LogP contribution is -2.35. The molecule has 1 N–H and O–H groups in total. The van der Waals surface area contributed by atoms with Crippen LogP contribution in [-0.4, -0.2) is 37.1 Å². The highest BCUT2D eigenvalue weighted by Gasteiger charge is 2.35. The first-order valence-corrected chi connectivity index (χ1v) is 11.1. The van der Waals surface area contributed by atoms with Crippen LogP contribution in [0, 0.1) is 33.1 Å². The van der Waals surface area contributed by atoms with Crippen LogP contribution in [0.5, 0.6) is 0 Å². The number of rotatable bonds is 2. The zero-order valence-electron chi connectivity index (χ0n) is 16.9. The Kier molecular flexibility index (Phi) is 5.00. The first kappa shape index (κ1) is 19.7. The van der Waals surface area contributed by atoms with E-state index >= 15 is 0 Å². The van der Waals surface area contributed by atoms with Gasteiger partial charge in [0.25, 0.3) is 5.91 Å². The van der Waals surface area contributed by atoms with Gasteiger partial charge in [-0.3, -0.25) is 10.2 Å². The van der Waals surface area contributed by atoms with Crippen molar-refractivity contribution in [3.63, 3.8) is 0 Å². The number of hydrogen-bond donors (Lipinski definition) is 1. The third-order valence-electron chi connectivity index (χ3n) is 4.97. The molecular formula is C21H21N5OS2. The Morgan fingerprint density at radius 1 is 1.17 bits per heavy atom. The maximum atomic E-state index is 12.6. The lowest BCUT2D eigenvalue weighted by Gasteiger charge is -2.20. The van der Waals surface area contributed by atoms with Crippen LogP contribution in [0.1, 0.15) is 28.1 Å². The van der Waals surface area contributed by atoms with Crippen molar-refractivity contribution < 1.29 is 4.79 Å². The van der Waals surface area contributed by atoms with Gasteiger partial charge in [-0.25, -0.2) is 0 Å². The molecule has 2 aliphatic heterocycles. The summed E-state index contributed by atoms with van der Waals surface area (Å²) in [6.07, 6.45) is 3.67. The number of hydrazone groups is 1. The van der Waals surface area contributed by atoms with Crippen LogP contribution in [0.25, 0.3) is 11.8 Å². The molecule has 0 atom stereocenters. The van der Waals surface area contributed by atoms with Crippen molar-refractivity contribution >= 4 is 50.9 Å². The number of carbonyl (C=O) groups is 1. The monoisotopic (exact) mass is 423 g/mol. The lowest BCUT2D eigenvalue weighted by molar-refractivity contribution is -0.114. The van der Waals surface area contributed by atoms with E-state index in [0.717, 1.165) is 27.0 Å². The number of nitrogens with zero attached hydrogens (tertiary/aromatic N) is 4. The molecule has 148 valence electrons. The number of aromatic nitrogens is 1. The topological polar surface area (TPSA) is 73.8 Å². The number of amides is 1. The summed E-state index contributed by atoms with van der Waals surface area (Å²) in [5, 5.41) is 14.7. The Bertz CT molecular complexity index is 1160. The van der Waals surface area contributed by atoms with Crippen LogP contribution < -0.4 is 0 Å². The Hall–Kier alpha value is -2.58. The normalized spacial score (nSPS) is 17.7. The first-order valence-electron chi connectivity index (χ1n) is 9.11. The molecule has 0 bridgehead atoms. The Morgan fingerprint density at radius 3 is 2.62 bits per heavy atom. The van der Waals surface area contributed by atoms with Crippen LogP contribution in [0.3, 0.4) is 0 Å². The van der Waals surface area contributed by atoms with E-state index in [0.29, 0.717) is 5.17 Å².